The summed E-state index contributed by atoms with van der Waals surface area (Å²) in [5.74, 6) is -0.742. The van der Waals surface area contributed by atoms with Gasteiger partial charge in [-0.2, -0.15) is 18.4 Å². The Morgan fingerprint density at radius 2 is 2.09 bits per heavy atom. The van der Waals surface area contributed by atoms with Gasteiger partial charge in [-0.05, 0) is 36.8 Å². The second kappa shape index (κ2) is 9.40. The zero-order valence-electron chi connectivity index (χ0n) is 16.6. The van der Waals surface area contributed by atoms with Crippen molar-refractivity contribution in [2.45, 2.75) is 19.1 Å². The number of hydrogen-bond donors (Lipinski definition) is 1. The van der Waals surface area contributed by atoms with Crippen molar-refractivity contribution in [3.8, 4) is 6.07 Å². The highest BCUT2D eigenvalue weighted by Crippen LogP contribution is 2.37. The van der Waals surface area contributed by atoms with E-state index < -0.39 is 29.8 Å². The normalized spacial score (nSPS) is 16.4. The Bertz CT molecular complexity index is 1110. The number of rotatable bonds is 5. The standard InChI is InChI=1S/C21H16BrF3N4O3/c1-2-32-19(30)17-16(9-22)29(15-5-3-4-13(8-15)21(23,24)25)20(31)28-18(17)12-6-7-14(10-26)27-11-12/h3-8,11,18H,2,9H2,1H3,(H,28,31). The monoisotopic (exact) mass is 508 g/mol. The molecule has 32 heavy (non-hydrogen) atoms. The van der Waals surface area contributed by atoms with Crippen molar-refractivity contribution in [1.82, 2.24) is 10.3 Å². The molecule has 0 saturated heterocycles. The molecule has 0 fully saturated rings. The summed E-state index contributed by atoms with van der Waals surface area (Å²) in [7, 11) is 0. The van der Waals surface area contributed by atoms with Gasteiger partial charge >= 0.3 is 18.2 Å². The first-order valence-electron chi connectivity index (χ1n) is 9.31. The topological polar surface area (TPSA) is 95.3 Å². The molecular weight excluding hydrogens is 493 g/mol. The van der Waals surface area contributed by atoms with Gasteiger partial charge in [0.1, 0.15) is 11.8 Å². The third-order valence-electron chi connectivity index (χ3n) is 4.63. The Morgan fingerprint density at radius 1 is 1.34 bits per heavy atom. The summed E-state index contributed by atoms with van der Waals surface area (Å²) < 4.78 is 44.8. The summed E-state index contributed by atoms with van der Waals surface area (Å²) in [6.07, 6.45) is -3.27. The van der Waals surface area contributed by atoms with Crippen LogP contribution >= 0.6 is 15.9 Å². The van der Waals surface area contributed by atoms with Crippen LogP contribution < -0.4 is 10.2 Å². The van der Waals surface area contributed by atoms with E-state index in [1.54, 1.807) is 6.92 Å². The molecule has 0 saturated carbocycles. The van der Waals surface area contributed by atoms with Gasteiger partial charge in [0.05, 0.1) is 35.2 Å². The number of alkyl halides is 4. The van der Waals surface area contributed by atoms with Crippen LogP contribution in [0, 0.1) is 11.3 Å². The Kier molecular flexibility index (Phi) is 6.84. The average Bonchev–Trinajstić information content (AvgIpc) is 2.78. The molecule has 1 aromatic heterocycles. The SMILES string of the molecule is CCOC(=O)C1=C(CBr)N(c2cccc(C(F)(F)F)c2)C(=O)NC1c1ccc(C#N)nc1. The fourth-order valence-corrected chi connectivity index (χ4v) is 3.79. The number of anilines is 1. The van der Waals surface area contributed by atoms with E-state index in [2.05, 4.69) is 26.2 Å². The molecule has 166 valence electrons. The summed E-state index contributed by atoms with van der Waals surface area (Å²) in [5.41, 5.74) is -0.294. The molecule has 7 nitrogen and oxygen atoms in total. The Morgan fingerprint density at radius 3 is 2.66 bits per heavy atom. The van der Waals surface area contributed by atoms with Gasteiger partial charge in [-0.15, -0.1) is 0 Å². The predicted molar refractivity (Wildman–Crippen MR) is 112 cm³/mol. The number of ether oxygens (including phenoxy) is 1. The van der Waals surface area contributed by atoms with Crippen molar-refractivity contribution in [2.24, 2.45) is 0 Å². The smallest absolute Gasteiger partial charge is 0.416 e. The zero-order chi connectivity index (χ0) is 23.5. The maximum absolute atomic E-state index is 13.2. The number of pyridine rings is 1. The predicted octanol–water partition coefficient (Wildman–Crippen LogP) is 4.46. The second-order valence-electron chi connectivity index (χ2n) is 6.57. The number of allylic oxidation sites excluding steroid dienone is 1. The van der Waals surface area contributed by atoms with E-state index >= 15 is 0 Å². The number of hydrogen-bond acceptors (Lipinski definition) is 5. The lowest BCUT2D eigenvalue weighted by atomic mass is 9.95. The number of aromatic nitrogens is 1. The van der Waals surface area contributed by atoms with Crippen LogP contribution in [0.3, 0.4) is 0 Å². The Labute approximate surface area is 189 Å². The molecule has 0 bridgehead atoms. The molecule has 11 heteroatoms. The highest BCUT2D eigenvalue weighted by molar-refractivity contribution is 9.09. The molecule has 1 aliphatic heterocycles. The molecule has 1 aromatic carbocycles. The number of carbonyl (C=O) groups excluding carboxylic acids is 2. The number of esters is 1. The number of benzene rings is 1. The van der Waals surface area contributed by atoms with Crippen molar-refractivity contribution >= 4 is 33.6 Å². The van der Waals surface area contributed by atoms with Crippen LogP contribution in [0.15, 0.2) is 53.9 Å². The van der Waals surface area contributed by atoms with E-state index in [9.17, 15) is 22.8 Å². The molecule has 1 unspecified atom stereocenters. The highest BCUT2D eigenvalue weighted by atomic mass is 79.9. The van der Waals surface area contributed by atoms with E-state index in [4.69, 9.17) is 10.00 Å². The van der Waals surface area contributed by atoms with Crippen molar-refractivity contribution in [3.05, 3.63) is 70.7 Å². The van der Waals surface area contributed by atoms with Crippen molar-refractivity contribution in [1.29, 1.82) is 5.26 Å². The van der Waals surface area contributed by atoms with Gasteiger partial charge in [0.2, 0.25) is 0 Å². The molecule has 1 atom stereocenters. The van der Waals surface area contributed by atoms with Crippen molar-refractivity contribution in [3.63, 3.8) is 0 Å². The Balaban J connectivity index is 2.18. The van der Waals surface area contributed by atoms with Gasteiger partial charge in [0.25, 0.3) is 0 Å². The van der Waals surface area contributed by atoms with E-state index in [0.717, 1.165) is 17.0 Å². The highest BCUT2D eigenvalue weighted by Gasteiger charge is 2.39. The maximum atomic E-state index is 13.2. The van der Waals surface area contributed by atoms with Gasteiger partial charge in [0.15, 0.2) is 0 Å². The number of nitrogens with zero attached hydrogens (tertiary/aromatic N) is 3. The molecule has 2 aromatic rings. The number of nitriles is 1. The van der Waals surface area contributed by atoms with Gasteiger partial charge < -0.3 is 10.1 Å². The molecule has 1 N–H and O–H groups in total. The van der Waals surface area contributed by atoms with Gasteiger partial charge in [-0.1, -0.05) is 28.1 Å². The molecule has 2 heterocycles. The first-order chi connectivity index (χ1) is 15.2. The zero-order valence-corrected chi connectivity index (χ0v) is 18.2. The third-order valence-corrected chi connectivity index (χ3v) is 5.16. The summed E-state index contributed by atoms with van der Waals surface area (Å²) in [6, 6.07) is 7.36. The van der Waals surface area contributed by atoms with Crippen molar-refractivity contribution < 1.29 is 27.5 Å². The molecule has 0 spiro atoms. The minimum absolute atomic E-state index is 0.0228. The second-order valence-corrected chi connectivity index (χ2v) is 7.13. The number of amides is 2. The summed E-state index contributed by atoms with van der Waals surface area (Å²) in [6.45, 7) is 1.66. The van der Waals surface area contributed by atoms with E-state index in [-0.39, 0.29) is 34.6 Å². The minimum atomic E-state index is -4.61. The lowest BCUT2D eigenvalue weighted by Gasteiger charge is -2.36. The van der Waals surface area contributed by atoms with Crippen LogP contribution in [0.5, 0.6) is 0 Å². The fourth-order valence-electron chi connectivity index (χ4n) is 3.23. The lowest BCUT2D eigenvalue weighted by molar-refractivity contribution is -0.139. The number of halogens is 4. The number of carbonyl (C=O) groups is 2. The van der Waals surface area contributed by atoms with Crippen LogP contribution in [-0.2, 0) is 15.7 Å². The lowest BCUT2D eigenvalue weighted by Crippen LogP contribution is -2.49. The molecule has 0 radical (unpaired) electrons. The summed E-state index contributed by atoms with van der Waals surface area (Å²) in [4.78, 5) is 30.8. The summed E-state index contributed by atoms with van der Waals surface area (Å²) >= 11 is 3.25. The van der Waals surface area contributed by atoms with E-state index in [1.165, 1.54) is 30.5 Å². The summed E-state index contributed by atoms with van der Waals surface area (Å²) in [5, 5.41) is 11.6. The van der Waals surface area contributed by atoms with E-state index in [1.807, 2.05) is 6.07 Å². The van der Waals surface area contributed by atoms with Gasteiger partial charge in [-0.3, -0.25) is 4.90 Å². The quantitative estimate of drug-likeness (QED) is 0.475. The minimum Gasteiger partial charge on any atom is -0.463 e. The van der Waals surface area contributed by atoms with Gasteiger partial charge in [0, 0.05) is 11.5 Å². The third kappa shape index (κ3) is 4.60. The largest absolute Gasteiger partial charge is 0.463 e. The van der Waals surface area contributed by atoms with Gasteiger partial charge in [-0.25, -0.2) is 14.6 Å². The molecule has 3 rings (SSSR count). The molecule has 1 aliphatic rings. The number of urea groups is 1. The molecular formula is C21H16BrF3N4O3. The first-order valence-corrected chi connectivity index (χ1v) is 10.4. The van der Waals surface area contributed by atoms with Crippen LogP contribution in [0.2, 0.25) is 0 Å². The van der Waals surface area contributed by atoms with Crippen molar-refractivity contribution in [2.75, 3.05) is 16.8 Å². The molecule has 2 amide bonds. The maximum Gasteiger partial charge on any atom is 0.416 e. The average molecular weight is 509 g/mol. The van der Waals surface area contributed by atoms with E-state index in [0.29, 0.717) is 5.56 Å². The van der Waals surface area contributed by atoms with Crippen LogP contribution in [0.4, 0.5) is 23.7 Å². The Hall–Kier alpha value is -3.39. The van der Waals surface area contributed by atoms with Crippen LogP contribution in [0.25, 0.3) is 0 Å². The number of nitrogens with one attached hydrogen (secondary N) is 1. The van der Waals surface area contributed by atoms with Crippen LogP contribution in [-0.4, -0.2) is 28.9 Å². The van der Waals surface area contributed by atoms with Crippen LogP contribution in [0.1, 0.15) is 29.8 Å². The fraction of sp³-hybridized carbons (Fsp3) is 0.238. The molecule has 0 aliphatic carbocycles. The first kappa shape index (κ1) is 23.3.